The van der Waals surface area contributed by atoms with Crippen molar-refractivity contribution in [1.29, 1.82) is 0 Å². The molecule has 1 saturated heterocycles. The van der Waals surface area contributed by atoms with Crippen molar-refractivity contribution in [3.63, 3.8) is 0 Å². The van der Waals surface area contributed by atoms with E-state index in [9.17, 15) is 4.79 Å². The molecule has 0 bridgehead atoms. The molecule has 7 heteroatoms. The summed E-state index contributed by atoms with van der Waals surface area (Å²) >= 11 is 3.50. The van der Waals surface area contributed by atoms with Gasteiger partial charge in [0.1, 0.15) is 0 Å². The predicted octanol–water partition coefficient (Wildman–Crippen LogP) is 2.50. The summed E-state index contributed by atoms with van der Waals surface area (Å²) in [6.07, 6.45) is 1.80. The van der Waals surface area contributed by atoms with Crippen molar-refractivity contribution in [3.8, 4) is 11.5 Å². The molecule has 0 radical (unpaired) electrons. The monoisotopic (exact) mass is 392 g/mol. The SMILES string of the molecule is COc1cc(Br)c(CNC(=O)C2CCNCC2)cc1OC.Cl. The standard InChI is InChI=1S/C15H21BrN2O3.ClH/c1-20-13-7-11(12(16)8-14(13)21-2)9-18-15(19)10-3-5-17-6-4-10;/h7-8,10,17H,3-6,9H2,1-2H3,(H,18,19);1H. The highest BCUT2D eigenvalue weighted by molar-refractivity contribution is 9.10. The lowest BCUT2D eigenvalue weighted by molar-refractivity contribution is -0.125. The molecule has 0 aliphatic carbocycles. The molecule has 1 fully saturated rings. The van der Waals surface area contributed by atoms with Gasteiger partial charge < -0.3 is 20.1 Å². The number of halogens is 2. The summed E-state index contributed by atoms with van der Waals surface area (Å²) in [4.78, 5) is 12.2. The van der Waals surface area contributed by atoms with Crippen LogP contribution < -0.4 is 20.1 Å². The minimum Gasteiger partial charge on any atom is -0.493 e. The third-order valence-electron chi connectivity index (χ3n) is 3.72. The summed E-state index contributed by atoms with van der Waals surface area (Å²) in [5, 5.41) is 6.27. The Morgan fingerprint density at radius 2 is 1.86 bits per heavy atom. The summed E-state index contributed by atoms with van der Waals surface area (Å²) in [6, 6.07) is 3.73. The van der Waals surface area contributed by atoms with Crippen molar-refractivity contribution in [1.82, 2.24) is 10.6 Å². The van der Waals surface area contributed by atoms with Gasteiger partial charge in [-0.3, -0.25) is 4.79 Å². The van der Waals surface area contributed by atoms with E-state index in [-0.39, 0.29) is 24.2 Å². The number of amides is 1. The minimum atomic E-state index is 0. The average molecular weight is 394 g/mol. The van der Waals surface area contributed by atoms with Crippen molar-refractivity contribution in [2.24, 2.45) is 5.92 Å². The fraction of sp³-hybridized carbons (Fsp3) is 0.533. The summed E-state index contributed by atoms with van der Waals surface area (Å²) in [5.74, 6) is 1.56. The molecular formula is C15H22BrClN2O3. The molecule has 2 rings (SSSR count). The van der Waals surface area contributed by atoms with Gasteiger partial charge in [0, 0.05) is 16.9 Å². The number of piperidine rings is 1. The maximum atomic E-state index is 12.2. The molecule has 1 amide bonds. The van der Waals surface area contributed by atoms with Crippen LogP contribution in [0.4, 0.5) is 0 Å². The van der Waals surface area contributed by atoms with E-state index in [0.717, 1.165) is 36.0 Å². The van der Waals surface area contributed by atoms with Crippen LogP contribution in [-0.4, -0.2) is 33.2 Å². The Bertz CT molecular complexity index is 508. The van der Waals surface area contributed by atoms with Gasteiger partial charge in [-0.25, -0.2) is 0 Å². The highest BCUT2D eigenvalue weighted by Crippen LogP contribution is 2.33. The van der Waals surface area contributed by atoms with Gasteiger partial charge in [0.05, 0.1) is 14.2 Å². The van der Waals surface area contributed by atoms with Crippen LogP contribution in [0.3, 0.4) is 0 Å². The van der Waals surface area contributed by atoms with Crippen molar-refractivity contribution >= 4 is 34.2 Å². The molecule has 124 valence electrons. The highest BCUT2D eigenvalue weighted by Gasteiger charge is 2.20. The lowest BCUT2D eigenvalue weighted by Crippen LogP contribution is -2.37. The van der Waals surface area contributed by atoms with Gasteiger partial charge in [-0.15, -0.1) is 12.4 Å². The second-order valence-electron chi connectivity index (χ2n) is 5.04. The smallest absolute Gasteiger partial charge is 0.223 e. The Morgan fingerprint density at radius 1 is 1.27 bits per heavy atom. The van der Waals surface area contributed by atoms with Crippen molar-refractivity contribution in [2.45, 2.75) is 19.4 Å². The Labute approximate surface area is 145 Å². The van der Waals surface area contributed by atoms with E-state index in [1.165, 1.54) is 0 Å². The zero-order chi connectivity index (χ0) is 15.2. The lowest BCUT2D eigenvalue weighted by Gasteiger charge is -2.22. The summed E-state index contributed by atoms with van der Waals surface area (Å²) < 4.78 is 11.4. The fourth-order valence-electron chi connectivity index (χ4n) is 2.44. The molecular weight excluding hydrogens is 372 g/mol. The summed E-state index contributed by atoms with van der Waals surface area (Å²) in [6.45, 7) is 2.31. The van der Waals surface area contributed by atoms with E-state index in [0.29, 0.717) is 18.0 Å². The second kappa shape index (κ2) is 9.22. The molecule has 0 unspecified atom stereocenters. The molecule has 0 atom stereocenters. The van der Waals surface area contributed by atoms with E-state index in [1.807, 2.05) is 12.1 Å². The van der Waals surface area contributed by atoms with Crippen molar-refractivity contribution in [2.75, 3.05) is 27.3 Å². The molecule has 0 aromatic heterocycles. The first kappa shape index (κ1) is 19.1. The molecule has 22 heavy (non-hydrogen) atoms. The van der Waals surface area contributed by atoms with E-state index in [1.54, 1.807) is 14.2 Å². The minimum absolute atomic E-state index is 0. The molecule has 1 aromatic rings. The Balaban J connectivity index is 0.00000242. The quantitative estimate of drug-likeness (QED) is 0.807. The van der Waals surface area contributed by atoms with Gasteiger partial charge >= 0.3 is 0 Å². The van der Waals surface area contributed by atoms with E-state index < -0.39 is 0 Å². The molecule has 5 nitrogen and oxygen atoms in total. The van der Waals surface area contributed by atoms with Crippen molar-refractivity contribution < 1.29 is 14.3 Å². The number of carbonyl (C=O) groups excluding carboxylic acids is 1. The first-order chi connectivity index (χ1) is 10.2. The van der Waals surface area contributed by atoms with Gasteiger partial charge in [-0.2, -0.15) is 0 Å². The average Bonchev–Trinajstić information content (AvgIpc) is 2.53. The second-order valence-corrected chi connectivity index (χ2v) is 5.90. The number of carbonyl (C=O) groups is 1. The van der Waals surface area contributed by atoms with Crippen molar-refractivity contribution in [3.05, 3.63) is 22.2 Å². The van der Waals surface area contributed by atoms with E-state index in [2.05, 4.69) is 26.6 Å². The molecule has 1 aliphatic heterocycles. The predicted molar refractivity (Wildman–Crippen MR) is 91.9 cm³/mol. The molecule has 1 aromatic carbocycles. The van der Waals surface area contributed by atoms with Crippen LogP contribution in [0.5, 0.6) is 11.5 Å². The lowest BCUT2D eigenvalue weighted by atomic mass is 9.97. The van der Waals surface area contributed by atoms with E-state index >= 15 is 0 Å². The maximum Gasteiger partial charge on any atom is 0.223 e. The van der Waals surface area contributed by atoms with Crippen LogP contribution in [0, 0.1) is 5.92 Å². The Morgan fingerprint density at radius 3 is 2.45 bits per heavy atom. The van der Waals surface area contributed by atoms with Gasteiger partial charge in [0.15, 0.2) is 11.5 Å². The van der Waals surface area contributed by atoms with Crippen LogP contribution in [-0.2, 0) is 11.3 Å². The van der Waals surface area contributed by atoms with Crippen LogP contribution in [0.2, 0.25) is 0 Å². The molecule has 2 N–H and O–H groups in total. The highest BCUT2D eigenvalue weighted by atomic mass is 79.9. The van der Waals surface area contributed by atoms with Crippen LogP contribution in [0.15, 0.2) is 16.6 Å². The fourth-order valence-corrected chi connectivity index (χ4v) is 2.91. The van der Waals surface area contributed by atoms with Gasteiger partial charge in [-0.1, -0.05) is 15.9 Å². The van der Waals surface area contributed by atoms with E-state index in [4.69, 9.17) is 9.47 Å². The van der Waals surface area contributed by atoms with Gasteiger partial charge in [0.2, 0.25) is 5.91 Å². The van der Waals surface area contributed by atoms with Gasteiger partial charge in [-0.05, 0) is 43.6 Å². The Kier molecular flexibility index (Phi) is 8.00. The van der Waals surface area contributed by atoms with Gasteiger partial charge in [0.25, 0.3) is 0 Å². The molecule has 1 aliphatic rings. The number of ether oxygens (including phenoxy) is 2. The number of rotatable bonds is 5. The van der Waals surface area contributed by atoms with Crippen LogP contribution >= 0.6 is 28.3 Å². The van der Waals surface area contributed by atoms with Crippen LogP contribution in [0.25, 0.3) is 0 Å². The number of nitrogens with one attached hydrogen (secondary N) is 2. The topological polar surface area (TPSA) is 59.6 Å². The number of hydrogen-bond donors (Lipinski definition) is 2. The first-order valence-electron chi connectivity index (χ1n) is 7.04. The number of methoxy groups -OCH3 is 2. The molecule has 0 spiro atoms. The zero-order valence-corrected chi connectivity index (χ0v) is 15.2. The third kappa shape index (κ3) is 4.76. The zero-order valence-electron chi connectivity index (χ0n) is 12.8. The number of benzene rings is 1. The maximum absolute atomic E-state index is 12.2. The Hall–Kier alpha value is -0.980. The first-order valence-corrected chi connectivity index (χ1v) is 7.83. The molecule has 0 saturated carbocycles. The number of hydrogen-bond acceptors (Lipinski definition) is 4. The van der Waals surface area contributed by atoms with Crippen LogP contribution in [0.1, 0.15) is 18.4 Å². The summed E-state index contributed by atoms with van der Waals surface area (Å²) in [5.41, 5.74) is 0.968. The third-order valence-corrected chi connectivity index (χ3v) is 4.45. The normalized spacial score (nSPS) is 14.9. The largest absolute Gasteiger partial charge is 0.493 e. The summed E-state index contributed by atoms with van der Waals surface area (Å²) in [7, 11) is 3.20. The molecule has 1 heterocycles.